The molecule has 0 spiro atoms. The van der Waals surface area contributed by atoms with Gasteiger partial charge in [-0.3, -0.25) is 14.4 Å². The summed E-state index contributed by atoms with van der Waals surface area (Å²) >= 11 is 5.70. The molecule has 1 aliphatic rings. The normalized spacial score (nSPS) is 26.3. The summed E-state index contributed by atoms with van der Waals surface area (Å²) in [5.74, 6) is -3.80. The van der Waals surface area contributed by atoms with Gasteiger partial charge in [-0.05, 0) is 31.4 Å². The van der Waals surface area contributed by atoms with Crippen molar-refractivity contribution in [2.45, 2.75) is 31.3 Å². The molecule has 0 bridgehead atoms. The number of hydrogen-bond donors (Lipinski definition) is 3. The van der Waals surface area contributed by atoms with Crippen molar-refractivity contribution in [2.75, 3.05) is 19.3 Å². The first-order chi connectivity index (χ1) is 14.2. The molecule has 4 N–H and O–H groups in total. The van der Waals surface area contributed by atoms with Gasteiger partial charge in [-0.15, -0.1) is 12.4 Å². The molecule has 10 heteroatoms. The molecular formula is C16H23Cl2N5O3. The van der Waals surface area contributed by atoms with Gasteiger partial charge in [0.25, 0.3) is 0 Å². The van der Waals surface area contributed by atoms with Gasteiger partial charge >= 0.3 is 11.8 Å². The third kappa shape index (κ3) is 5.82. The molecule has 144 valence electrons. The molecule has 0 radical (unpaired) electrons. The Morgan fingerprint density at radius 3 is 2.62 bits per heavy atom. The maximum atomic E-state index is 12.6. The van der Waals surface area contributed by atoms with Crippen LogP contribution < -0.4 is 16.4 Å². The van der Waals surface area contributed by atoms with Gasteiger partial charge in [0.1, 0.15) is 5.82 Å². The Morgan fingerprint density at radius 1 is 1.31 bits per heavy atom. The Kier molecular flexibility index (Phi) is 5.30. The van der Waals surface area contributed by atoms with Crippen LogP contribution in [0.5, 0.6) is 0 Å². The molecule has 26 heavy (non-hydrogen) atoms. The summed E-state index contributed by atoms with van der Waals surface area (Å²) in [6.07, 6.45) is 1.50. The first-order valence-electron chi connectivity index (χ1n) is 10.5. The van der Waals surface area contributed by atoms with E-state index in [0.717, 1.165) is 0 Å². The van der Waals surface area contributed by atoms with E-state index in [1.165, 1.54) is 18.3 Å². The first-order valence-corrected chi connectivity index (χ1v) is 7.91. The third-order valence-electron chi connectivity index (χ3n) is 3.96. The molecule has 1 aliphatic carbocycles. The molecule has 1 aromatic heterocycles. The average molecular weight is 410 g/mol. The fourth-order valence-corrected chi connectivity index (χ4v) is 2.76. The van der Waals surface area contributed by atoms with Crippen molar-refractivity contribution in [3.63, 3.8) is 0 Å². The number of halogens is 2. The molecule has 1 heterocycles. The van der Waals surface area contributed by atoms with Crippen molar-refractivity contribution in [1.82, 2.24) is 15.2 Å². The van der Waals surface area contributed by atoms with Crippen molar-refractivity contribution < 1.29 is 22.6 Å². The van der Waals surface area contributed by atoms with Gasteiger partial charge in [-0.1, -0.05) is 11.6 Å². The number of nitrogens with two attached hydrogens (primary N) is 1. The second kappa shape index (κ2) is 9.70. The number of carbonyl (C=O) groups is 3. The van der Waals surface area contributed by atoms with Crippen LogP contribution in [0.3, 0.4) is 0 Å². The predicted molar refractivity (Wildman–Crippen MR) is 101 cm³/mol. The van der Waals surface area contributed by atoms with Crippen molar-refractivity contribution in [2.24, 2.45) is 11.7 Å². The van der Waals surface area contributed by atoms with E-state index in [0.29, 0.717) is 5.02 Å². The predicted octanol–water partition coefficient (Wildman–Crippen LogP) is 0.796. The van der Waals surface area contributed by atoms with Gasteiger partial charge in [-0.25, -0.2) is 4.98 Å². The molecule has 1 aromatic rings. The second-order valence-corrected chi connectivity index (χ2v) is 6.18. The smallest absolute Gasteiger partial charge is 0.314 e. The largest absolute Gasteiger partial charge is 0.349 e. The molecule has 1 saturated carbocycles. The highest BCUT2D eigenvalue weighted by molar-refractivity contribution is 6.39. The third-order valence-corrected chi connectivity index (χ3v) is 4.18. The van der Waals surface area contributed by atoms with E-state index >= 15 is 0 Å². The standard InChI is InChI=1S/C16H22ClN5O3.ClH/c1-22(2)16(25)9-3-5-12(11(18)7-9)20-14(23)15(24)21-13-6-4-10(17)8-19-13;/h4,6,8-9,11-12H,3,5,7,18H2,1-2H3,(H,20,23)(H,19,21,24);1H/t9-,11+,12-;/m0./s1/i1D3,2D3;. The van der Waals surface area contributed by atoms with Crippen molar-refractivity contribution in [3.05, 3.63) is 23.4 Å². The van der Waals surface area contributed by atoms with E-state index in [1.54, 1.807) is 0 Å². The quantitative estimate of drug-likeness (QED) is 0.637. The Hall–Kier alpha value is -1.90. The summed E-state index contributed by atoms with van der Waals surface area (Å²) in [5, 5.41) is 5.13. The van der Waals surface area contributed by atoms with Crippen LogP contribution in [0.2, 0.25) is 5.02 Å². The molecule has 2 rings (SSSR count). The minimum Gasteiger partial charge on any atom is -0.349 e. The van der Waals surface area contributed by atoms with Gasteiger partial charge < -0.3 is 21.3 Å². The second-order valence-electron chi connectivity index (χ2n) is 5.74. The van der Waals surface area contributed by atoms with Crippen LogP contribution in [0.25, 0.3) is 0 Å². The Balaban J connectivity index is 0.00000512. The molecule has 3 amide bonds. The Bertz CT molecular complexity index is 823. The zero-order valence-electron chi connectivity index (χ0n) is 19.6. The molecule has 1 fully saturated rings. The first kappa shape index (κ1) is 14.2. The number of pyridine rings is 1. The highest BCUT2D eigenvalue weighted by atomic mass is 35.5. The highest BCUT2D eigenvalue weighted by Gasteiger charge is 2.34. The summed E-state index contributed by atoms with van der Waals surface area (Å²) in [6, 6.07) is 1.45. The van der Waals surface area contributed by atoms with E-state index in [-0.39, 0.29) is 42.4 Å². The van der Waals surface area contributed by atoms with Crippen LogP contribution in [0.15, 0.2) is 18.3 Å². The van der Waals surface area contributed by atoms with Crippen LogP contribution in [-0.4, -0.2) is 53.6 Å². The molecule has 0 saturated heterocycles. The van der Waals surface area contributed by atoms with Gasteiger partial charge in [-0.2, -0.15) is 0 Å². The van der Waals surface area contributed by atoms with Crippen LogP contribution >= 0.6 is 24.0 Å². The number of nitrogens with zero attached hydrogens (tertiary/aromatic N) is 2. The van der Waals surface area contributed by atoms with Crippen LogP contribution in [-0.2, 0) is 14.4 Å². The maximum absolute atomic E-state index is 12.6. The number of rotatable bonds is 3. The minimum absolute atomic E-state index is 0. The van der Waals surface area contributed by atoms with E-state index in [1.807, 2.05) is 0 Å². The van der Waals surface area contributed by atoms with Crippen LogP contribution in [0.4, 0.5) is 5.82 Å². The Labute approximate surface area is 171 Å². The maximum Gasteiger partial charge on any atom is 0.314 e. The summed E-state index contributed by atoms with van der Waals surface area (Å²) < 4.78 is 44.2. The Morgan fingerprint density at radius 2 is 2.04 bits per heavy atom. The fourth-order valence-electron chi connectivity index (χ4n) is 2.65. The van der Waals surface area contributed by atoms with E-state index in [9.17, 15) is 14.4 Å². The van der Waals surface area contributed by atoms with E-state index < -0.39 is 49.7 Å². The average Bonchev–Trinajstić information content (AvgIpc) is 2.62. The minimum atomic E-state index is -3.13. The van der Waals surface area contributed by atoms with Crippen molar-refractivity contribution in [3.8, 4) is 0 Å². The van der Waals surface area contributed by atoms with E-state index in [4.69, 9.17) is 25.6 Å². The molecule has 3 atom stereocenters. The SMILES string of the molecule is Cl.[2H]C([2H])([2H])N(C(=O)[C@H]1CC[C@H](NC(=O)C(=O)Nc2ccc(Cl)cn2)[C@H](N)C1)C([2H])([2H])[2H]. The number of aromatic nitrogens is 1. The lowest BCUT2D eigenvalue weighted by atomic mass is 9.82. The molecule has 0 unspecified atom stereocenters. The molecule has 0 aromatic carbocycles. The summed E-state index contributed by atoms with van der Waals surface area (Å²) in [7, 11) is 0. The number of amides is 3. The van der Waals surface area contributed by atoms with Gasteiger partial charge in [0.05, 0.1) is 5.02 Å². The van der Waals surface area contributed by atoms with Crippen LogP contribution in [0, 0.1) is 5.92 Å². The fraction of sp³-hybridized carbons (Fsp3) is 0.500. The molecular weight excluding hydrogens is 381 g/mol. The summed E-state index contributed by atoms with van der Waals surface area (Å²) in [6.45, 7) is -6.27. The number of carbonyl (C=O) groups excluding carboxylic acids is 3. The summed E-state index contributed by atoms with van der Waals surface area (Å²) in [4.78, 5) is 40.5. The zero-order chi connectivity index (χ0) is 23.6. The van der Waals surface area contributed by atoms with E-state index in [2.05, 4.69) is 15.6 Å². The van der Waals surface area contributed by atoms with Crippen LogP contribution in [0.1, 0.15) is 27.5 Å². The number of nitrogens with one attached hydrogen (secondary N) is 2. The lowest BCUT2D eigenvalue weighted by Crippen LogP contribution is -2.54. The summed E-state index contributed by atoms with van der Waals surface area (Å²) in [5.41, 5.74) is 6.02. The number of hydrogen-bond acceptors (Lipinski definition) is 5. The lowest BCUT2D eigenvalue weighted by Gasteiger charge is -2.34. The van der Waals surface area contributed by atoms with Crippen molar-refractivity contribution >= 4 is 47.5 Å². The highest BCUT2D eigenvalue weighted by Crippen LogP contribution is 2.25. The molecule has 8 nitrogen and oxygen atoms in total. The lowest BCUT2D eigenvalue weighted by molar-refractivity contribution is -0.137. The molecule has 0 aliphatic heterocycles. The zero-order valence-corrected chi connectivity index (χ0v) is 15.1. The number of anilines is 1. The topological polar surface area (TPSA) is 117 Å². The van der Waals surface area contributed by atoms with Gasteiger partial charge in [0.2, 0.25) is 5.91 Å². The van der Waals surface area contributed by atoms with Crippen molar-refractivity contribution in [1.29, 1.82) is 0 Å². The van der Waals surface area contributed by atoms with Gasteiger partial charge in [0, 0.05) is 46.4 Å². The van der Waals surface area contributed by atoms with Gasteiger partial charge in [0.15, 0.2) is 0 Å². The monoisotopic (exact) mass is 409 g/mol.